The van der Waals surface area contributed by atoms with Crippen LogP contribution in [0.15, 0.2) is 16.3 Å². The van der Waals surface area contributed by atoms with E-state index in [2.05, 4.69) is 18.7 Å². The van der Waals surface area contributed by atoms with Gasteiger partial charge in [0.05, 0.1) is 48.6 Å². The van der Waals surface area contributed by atoms with Crippen molar-refractivity contribution in [3.63, 3.8) is 0 Å². The van der Waals surface area contributed by atoms with Crippen molar-refractivity contribution < 1.29 is 18.4 Å². The van der Waals surface area contributed by atoms with Crippen LogP contribution in [0.25, 0.3) is 16.1 Å². The Morgan fingerprint density at radius 1 is 1.09 bits per heavy atom. The van der Waals surface area contributed by atoms with E-state index in [0.29, 0.717) is 18.1 Å². The monoisotopic (exact) mass is 479 g/mol. The Balaban J connectivity index is 2.36. The zero-order valence-electron chi connectivity index (χ0n) is 20.0. The molecule has 2 heterocycles. The highest BCUT2D eigenvalue weighted by molar-refractivity contribution is 7.86. The summed E-state index contributed by atoms with van der Waals surface area (Å²) in [5.74, 6) is 1.27. The highest BCUT2D eigenvalue weighted by Crippen LogP contribution is 2.47. The summed E-state index contributed by atoms with van der Waals surface area (Å²) in [6, 6.07) is 3.87. The normalized spacial score (nSPS) is 12.3. The van der Waals surface area contributed by atoms with Crippen molar-refractivity contribution in [1.82, 2.24) is 9.61 Å². The summed E-state index contributed by atoms with van der Waals surface area (Å²) in [4.78, 5) is 3.38. The average Bonchev–Trinajstić information content (AvgIpc) is 3.27. The molecule has 1 atom stereocenters. The van der Waals surface area contributed by atoms with Crippen LogP contribution in [-0.4, -0.2) is 54.5 Å². The van der Waals surface area contributed by atoms with Gasteiger partial charge in [-0.2, -0.15) is 5.10 Å². The maximum Gasteiger partial charge on any atom is 0.144 e. The molecule has 0 aliphatic heterocycles. The van der Waals surface area contributed by atoms with Crippen LogP contribution >= 0.6 is 11.3 Å². The Kier molecular flexibility index (Phi) is 8.19. The fraction of sp³-hybridized carbons (Fsp3) is 0.522. The highest BCUT2D eigenvalue weighted by atomic mass is 32.2. The standard InChI is InChI=1S/C23H33N3O4S2/c1-8-10-25(11-9-2)20-15(3)24-26-21(23(32(7)27)31-22(20)26)19-17(29-5)12-16(14-28-4)13-18(19)30-6/h12-13H,8-11,14H2,1-7H3. The first-order chi connectivity index (χ1) is 15.4. The molecule has 7 nitrogen and oxygen atoms in total. The van der Waals surface area contributed by atoms with Crippen LogP contribution in [0.1, 0.15) is 37.9 Å². The fourth-order valence-corrected chi connectivity index (χ4v) is 6.28. The van der Waals surface area contributed by atoms with Crippen LogP contribution in [0, 0.1) is 6.92 Å². The second kappa shape index (κ2) is 10.7. The highest BCUT2D eigenvalue weighted by Gasteiger charge is 2.29. The number of aromatic nitrogens is 2. The minimum atomic E-state index is -1.21. The first-order valence-electron chi connectivity index (χ1n) is 10.8. The molecule has 0 spiro atoms. The Morgan fingerprint density at radius 2 is 1.69 bits per heavy atom. The molecule has 3 rings (SSSR count). The first kappa shape index (κ1) is 24.5. The van der Waals surface area contributed by atoms with E-state index in [0.717, 1.165) is 63.2 Å². The van der Waals surface area contributed by atoms with E-state index in [1.54, 1.807) is 27.6 Å². The van der Waals surface area contributed by atoms with E-state index < -0.39 is 10.8 Å². The van der Waals surface area contributed by atoms with Crippen molar-refractivity contribution in [2.24, 2.45) is 0 Å². The molecule has 2 aromatic heterocycles. The molecule has 1 aromatic carbocycles. The minimum Gasteiger partial charge on any atom is -0.496 e. The first-order valence-corrected chi connectivity index (χ1v) is 13.1. The summed E-state index contributed by atoms with van der Waals surface area (Å²) in [6.45, 7) is 8.74. The molecular formula is C23H33N3O4S2. The second-order valence-corrected chi connectivity index (χ2v) is 10.2. The van der Waals surface area contributed by atoms with Crippen LogP contribution in [-0.2, 0) is 22.1 Å². The van der Waals surface area contributed by atoms with Crippen molar-refractivity contribution in [2.75, 3.05) is 45.6 Å². The zero-order chi connectivity index (χ0) is 23.4. The maximum atomic E-state index is 12.9. The summed E-state index contributed by atoms with van der Waals surface area (Å²) in [5, 5.41) is 4.90. The molecule has 0 fully saturated rings. The predicted molar refractivity (Wildman–Crippen MR) is 132 cm³/mol. The Hall–Kier alpha value is -2.10. The van der Waals surface area contributed by atoms with Crippen molar-refractivity contribution in [2.45, 2.75) is 44.4 Å². The van der Waals surface area contributed by atoms with Gasteiger partial charge < -0.3 is 19.1 Å². The van der Waals surface area contributed by atoms with Gasteiger partial charge in [0.2, 0.25) is 0 Å². The molecule has 0 aliphatic carbocycles. The smallest absolute Gasteiger partial charge is 0.144 e. The number of thiazole rings is 1. The summed E-state index contributed by atoms with van der Waals surface area (Å²) in [7, 11) is 3.70. The number of hydrogen-bond acceptors (Lipinski definition) is 7. The average molecular weight is 480 g/mol. The van der Waals surface area contributed by atoms with Gasteiger partial charge in [-0.05, 0) is 37.5 Å². The number of hydrogen-bond donors (Lipinski definition) is 0. The van der Waals surface area contributed by atoms with Crippen LogP contribution in [0.3, 0.4) is 0 Å². The number of methoxy groups -OCH3 is 3. The largest absolute Gasteiger partial charge is 0.496 e. The van der Waals surface area contributed by atoms with Gasteiger partial charge >= 0.3 is 0 Å². The summed E-state index contributed by atoms with van der Waals surface area (Å²) >= 11 is 1.53. The van der Waals surface area contributed by atoms with Crippen LogP contribution in [0.4, 0.5) is 5.69 Å². The minimum absolute atomic E-state index is 0.437. The molecule has 0 saturated carbocycles. The van der Waals surface area contributed by atoms with E-state index in [9.17, 15) is 4.21 Å². The maximum absolute atomic E-state index is 12.9. The third kappa shape index (κ3) is 4.51. The van der Waals surface area contributed by atoms with Crippen molar-refractivity contribution in [1.29, 1.82) is 0 Å². The van der Waals surface area contributed by atoms with E-state index >= 15 is 0 Å². The summed E-state index contributed by atoms with van der Waals surface area (Å²) in [5.41, 5.74) is 4.51. The van der Waals surface area contributed by atoms with E-state index in [1.807, 2.05) is 23.6 Å². The molecule has 0 bridgehead atoms. The third-order valence-electron chi connectivity index (χ3n) is 5.26. The van der Waals surface area contributed by atoms with Crippen LogP contribution in [0.5, 0.6) is 11.5 Å². The molecule has 3 aromatic rings. The number of rotatable bonds is 11. The molecule has 1 unspecified atom stereocenters. The Morgan fingerprint density at radius 3 is 2.16 bits per heavy atom. The van der Waals surface area contributed by atoms with Crippen LogP contribution in [0.2, 0.25) is 0 Å². The number of ether oxygens (including phenoxy) is 3. The Labute approximate surface area is 196 Å². The lowest BCUT2D eigenvalue weighted by atomic mass is 10.1. The van der Waals surface area contributed by atoms with E-state index in [4.69, 9.17) is 19.3 Å². The van der Waals surface area contributed by atoms with Gasteiger partial charge in [-0.1, -0.05) is 13.8 Å². The van der Waals surface area contributed by atoms with Crippen LogP contribution < -0.4 is 14.4 Å². The predicted octanol–water partition coefficient (Wildman–Crippen LogP) is 4.90. The molecule has 0 amide bonds. The van der Waals surface area contributed by atoms with Gasteiger partial charge in [-0.15, -0.1) is 11.3 Å². The van der Waals surface area contributed by atoms with E-state index in [1.165, 1.54) is 11.3 Å². The molecule has 0 radical (unpaired) electrons. The van der Waals surface area contributed by atoms with Gasteiger partial charge in [0, 0.05) is 26.5 Å². The molecule has 176 valence electrons. The zero-order valence-corrected chi connectivity index (χ0v) is 21.6. The molecule has 9 heteroatoms. The quantitative estimate of drug-likeness (QED) is 0.390. The van der Waals surface area contributed by atoms with Gasteiger partial charge in [-0.3, -0.25) is 4.21 Å². The number of aryl methyl sites for hydroxylation is 1. The lowest BCUT2D eigenvalue weighted by Crippen LogP contribution is -2.25. The lowest BCUT2D eigenvalue weighted by Gasteiger charge is -2.22. The lowest BCUT2D eigenvalue weighted by molar-refractivity contribution is 0.184. The fourth-order valence-electron chi connectivity index (χ4n) is 4.06. The molecule has 0 aliphatic rings. The van der Waals surface area contributed by atoms with Gasteiger partial charge in [0.25, 0.3) is 0 Å². The number of nitrogens with zero attached hydrogens (tertiary/aromatic N) is 3. The summed E-state index contributed by atoms with van der Waals surface area (Å²) < 4.78 is 32.3. The van der Waals surface area contributed by atoms with Crippen molar-refractivity contribution in [3.8, 4) is 22.8 Å². The van der Waals surface area contributed by atoms with E-state index in [-0.39, 0.29) is 0 Å². The molecular weight excluding hydrogens is 446 g/mol. The van der Waals surface area contributed by atoms with Crippen molar-refractivity contribution in [3.05, 3.63) is 23.4 Å². The SMILES string of the molecule is CCCN(CCC)c1c(C)nn2c(-c3c(OC)cc(COC)cc3OC)c(S(C)=O)sc12. The number of anilines is 1. The van der Waals surface area contributed by atoms with Gasteiger partial charge in [0.15, 0.2) is 0 Å². The van der Waals surface area contributed by atoms with Gasteiger partial charge in [0.1, 0.15) is 26.2 Å². The molecule has 0 saturated heterocycles. The van der Waals surface area contributed by atoms with Gasteiger partial charge in [-0.25, -0.2) is 4.52 Å². The molecule has 0 N–H and O–H groups in total. The second-order valence-electron chi connectivity index (χ2n) is 7.64. The topological polar surface area (TPSA) is 65.3 Å². The third-order valence-corrected chi connectivity index (χ3v) is 7.87. The Bertz CT molecular complexity index is 1080. The van der Waals surface area contributed by atoms with Crippen molar-refractivity contribution >= 4 is 32.7 Å². The summed E-state index contributed by atoms with van der Waals surface area (Å²) in [6.07, 6.45) is 3.80. The molecule has 32 heavy (non-hydrogen) atoms. The number of benzene rings is 1. The number of fused-ring (bicyclic) bond motifs is 1.